The Hall–Kier alpha value is -1.95. The molecule has 3 N–H and O–H groups in total. The Labute approximate surface area is 150 Å². The summed E-state index contributed by atoms with van der Waals surface area (Å²) in [4.78, 5) is 4.64. The highest BCUT2D eigenvalue weighted by molar-refractivity contribution is 5.80. The first-order valence-electron chi connectivity index (χ1n) is 9.15. The number of para-hydroxylation sites is 2. The van der Waals surface area contributed by atoms with Gasteiger partial charge < -0.3 is 25.2 Å². The van der Waals surface area contributed by atoms with Crippen molar-refractivity contribution in [1.82, 2.24) is 10.6 Å². The van der Waals surface area contributed by atoms with E-state index in [-0.39, 0.29) is 12.2 Å². The molecule has 0 spiro atoms. The normalized spacial score (nSPS) is 22.2. The molecule has 1 saturated carbocycles. The molecule has 2 rings (SSSR count). The second-order valence-electron chi connectivity index (χ2n) is 6.45. The van der Waals surface area contributed by atoms with E-state index in [1.807, 2.05) is 31.2 Å². The van der Waals surface area contributed by atoms with Crippen molar-refractivity contribution in [3.05, 3.63) is 24.3 Å². The van der Waals surface area contributed by atoms with Gasteiger partial charge in [-0.1, -0.05) is 12.1 Å². The van der Waals surface area contributed by atoms with Crippen LogP contribution in [0.1, 0.15) is 39.5 Å². The van der Waals surface area contributed by atoms with Gasteiger partial charge in [0.2, 0.25) is 0 Å². The lowest BCUT2D eigenvalue weighted by molar-refractivity contribution is 0.120. The summed E-state index contributed by atoms with van der Waals surface area (Å²) >= 11 is 0. The largest absolute Gasteiger partial charge is 0.493 e. The highest BCUT2D eigenvalue weighted by atomic mass is 16.5. The van der Waals surface area contributed by atoms with Gasteiger partial charge >= 0.3 is 0 Å². The van der Waals surface area contributed by atoms with Crippen LogP contribution in [0.5, 0.6) is 11.5 Å². The summed E-state index contributed by atoms with van der Waals surface area (Å²) in [5, 5.41) is 16.4. The van der Waals surface area contributed by atoms with Gasteiger partial charge in [0.1, 0.15) is 6.10 Å². The summed E-state index contributed by atoms with van der Waals surface area (Å²) < 4.78 is 11.3. The molecular weight excluding hydrogens is 318 g/mol. The Morgan fingerprint density at radius 1 is 1.24 bits per heavy atom. The van der Waals surface area contributed by atoms with Crippen LogP contribution >= 0.6 is 0 Å². The summed E-state index contributed by atoms with van der Waals surface area (Å²) in [5.74, 6) is 2.26. The summed E-state index contributed by atoms with van der Waals surface area (Å²) in [6.07, 6.45) is 3.43. The molecule has 1 atom stereocenters. The third kappa shape index (κ3) is 6.46. The molecule has 0 aliphatic heterocycles. The van der Waals surface area contributed by atoms with Crippen molar-refractivity contribution in [2.24, 2.45) is 4.99 Å². The van der Waals surface area contributed by atoms with Gasteiger partial charge in [-0.25, -0.2) is 4.99 Å². The first-order valence-corrected chi connectivity index (χ1v) is 9.15. The van der Waals surface area contributed by atoms with Crippen LogP contribution in [0.3, 0.4) is 0 Å². The van der Waals surface area contributed by atoms with Crippen molar-refractivity contribution in [1.29, 1.82) is 0 Å². The number of methoxy groups -OCH3 is 1. The number of aliphatic hydroxyl groups excluding tert-OH is 1. The number of nitrogens with zero attached hydrogens (tertiary/aromatic N) is 1. The number of nitrogens with one attached hydrogen (secondary N) is 2. The van der Waals surface area contributed by atoms with Gasteiger partial charge in [0.15, 0.2) is 17.5 Å². The van der Waals surface area contributed by atoms with Gasteiger partial charge in [0.05, 0.1) is 19.8 Å². The maximum atomic E-state index is 9.62. The minimum absolute atomic E-state index is 0.0695. The Kier molecular flexibility index (Phi) is 7.85. The number of aliphatic imine (C=N–C) groups is 1. The molecule has 0 saturated heterocycles. The van der Waals surface area contributed by atoms with Crippen LogP contribution in [0.2, 0.25) is 0 Å². The number of aliphatic hydroxyl groups is 1. The van der Waals surface area contributed by atoms with E-state index in [1.54, 1.807) is 7.11 Å². The van der Waals surface area contributed by atoms with E-state index in [4.69, 9.17) is 9.47 Å². The second kappa shape index (κ2) is 10.1. The number of rotatable bonds is 7. The highest BCUT2D eigenvalue weighted by Gasteiger charge is 2.20. The SMILES string of the molecule is CCNC(=NCC(C)Oc1ccccc1OC)NC1CCC(O)CC1. The first-order chi connectivity index (χ1) is 12.1. The molecule has 25 heavy (non-hydrogen) atoms. The van der Waals surface area contributed by atoms with Gasteiger partial charge in [0.25, 0.3) is 0 Å². The van der Waals surface area contributed by atoms with Gasteiger partial charge in [-0.05, 0) is 51.7 Å². The van der Waals surface area contributed by atoms with Crippen molar-refractivity contribution in [3.8, 4) is 11.5 Å². The summed E-state index contributed by atoms with van der Waals surface area (Å²) in [5.41, 5.74) is 0. The molecule has 1 aromatic rings. The van der Waals surface area contributed by atoms with E-state index >= 15 is 0 Å². The van der Waals surface area contributed by atoms with Crippen molar-refractivity contribution in [2.75, 3.05) is 20.2 Å². The van der Waals surface area contributed by atoms with Crippen molar-refractivity contribution in [2.45, 2.75) is 57.8 Å². The van der Waals surface area contributed by atoms with E-state index in [9.17, 15) is 5.11 Å². The topological polar surface area (TPSA) is 75.1 Å². The van der Waals surface area contributed by atoms with Crippen molar-refractivity contribution in [3.63, 3.8) is 0 Å². The first kappa shape index (κ1) is 19.4. The molecule has 0 bridgehead atoms. The lowest BCUT2D eigenvalue weighted by Gasteiger charge is -2.27. The Balaban J connectivity index is 1.88. The summed E-state index contributed by atoms with van der Waals surface area (Å²) in [7, 11) is 1.64. The second-order valence-corrected chi connectivity index (χ2v) is 6.45. The molecule has 140 valence electrons. The van der Waals surface area contributed by atoms with E-state index in [2.05, 4.69) is 22.5 Å². The van der Waals surface area contributed by atoms with Gasteiger partial charge in [-0.2, -0.15) is 0 Å². The molecule has 1 unspecified atom stereocenters. The molecule has 1 aliphatic carbocycles. The molecule has 0 amide bonds. The average molecular weight is 349 g/mol. The van der Waals surface area contributed by atoms with Crippen LogP contribution in [0.4, 0.5) is 0 Å². The fraction of sp³-hybridized carbons (Fsp3) is 0.632. The molecule has 6 heteroatoms. The van der Waals surface area contributed by atoms with E-state index in [1.165, 1.54) is 0 Å². The van der Waals surface area contributed by atoms with Gasteiger partial charge in [0, 0.05) is 12.6 Å². The van der Waals surface area contributed by atoms with Gasteiger partial charge in [-0.15, -0.1) is 0 Å². The molecular formula is C19H31N3O3. The zero-order chi connectivity index (χ0) is 18.1. The summed E-state index contributed by atoms with van der Waals surface area (Å²) in [6, 6.07) is 8.00. The zero-order valence-corrected chi connectivity index (χ0v) is 15.5. The van der Waals surface area contributed by atoms with Crippen LogP contribution < -0.4 is 20.1 Å². The van der Waals surface area contributed by atoms with Crippen molar-refractivity contribution < 1.29 is 14.6 Å². The number of guanidine groups is 1. The fourth-order valence-corrected chi connectivity index (χ4v) is 2.92. The zero-order valence-electron chi connectivity index (χ0n) is 15.5. The third-order valence-corrected chi connectivity index (χ3v) is 4.29. The highest BCUT2D eigenvalue weighted by Crippen LogP contribution is 2.26. The molecule has 0 aromatic heterocycles. The van der Waals surface area contributed by atoms with Crippen LogP contribution in [0.25, 0.3) is 0 Å². The molecule has 0 heterocycles. The minimum Gasteiger partial charge on any atom is -0.493 e. The van der Waals surface area contributed by atoms with Crippen LogP contribution in [0.15, 0.2) is 29.3 Å². The Morgan fingerprint density at radius 2 is 1.92 bits per heavy atom. The predicted molar refractivity (Wildman–Crippen MR) is 100 cm³/mol. The monoisotopic (exact) mass is 349 g/mol. The molecule has 1 aromatic carbocycles. The Bertz CT molecular complexity index is 542. The van der Waals surface area contributed by atoms with Crippen molar-refractivity contribution >= 4 is 5.96 Å². The third-order valence-electron chi connectivity index (χ3n) is 4.29. The lowest BCUT2D eigenvalue weighted by atomic mass is 9.93. The van der Waals surface area contributed by atoms with Crippen LogP contribution in [-0.2, 0) is 0 Å². The number of hydrogen-bond donors (Lipinski definition) is 3. The molecule has 1 fully saturated rings. The quantitative estimate of drug-likeness (QED) is 0.520. The smallest absolute Gasteiger partial charge is 0.191 e. The average Bonchev–Trinajstić information content (AvgIpc) is 2.62. The van der Waals surface area contributed by atoms with E-state index < -0.39 is 0 Å². The lowest BCUT2D eigenvalue weighted by Crippen LogP contribution is -2.45. The van der Waals surface area contributed by atoms with Crippen LogP contribution in [0, 0.1) is 0 Å². The summed E-state index contributed by atoms with van der Waals surface area (Å²) in [6.45, 7) is 5.40. The maximum absolute atomic E-state index is 9.62. The molecule has 0 radical (unpaired) electrons. The number of ether oxygens (including phenoxy) is 2. The van der Waals surface area contributed by atoms with E-state index in [0.717, 1.165) is 49.7 Å². The number of benzene rings is 1. The number of hydrogen-bond acceptors (Lipinski definition) is 4. The molecule has 1 aliphatic rings. The maximum Gasteiger partial charge on any atom is 0.191 e. The minimum atomic E-state index is -0.146. The predicted octanol–water partition coefficient (Wildman–Crippen LogP) is 2.32. The Morgan fingerprint density at radius 3 is 2.56 bits per heavy atom. The molecule has 6 nitrogen and oxygen atoms in total. The fourth-order valence-electron chi connectivity index (χ4n) is 2.92. The van der Waals surface area contributed by atoms with E-state index in [0.29, 0.717) is 12.6 Å². The van der Waals surface area contributed by atoms with Crippen LogP contribution in [-0.4, -0.2) is 49.5 Å². The van der Waals surface area contributed by atoms with Gasteiger partial charge in [-0.3, -0.25) is 0 Å². The standard InChI is InChI=1S/C19H31N3O3/c1-4-20-19(22-15-9-11-16(23)12-10-15)21-13-14(2)25-18-8-6-5-7-17(18)24-3/h5-8,14-16,23H,4,9-13H2,1-3H3,(H2,20,21,22).